The number of hydrogen-bond donors (Lipinski definition) is 0. The highest BCUT2D eigenvalue weighted by Gasteiger charge is 2.08. The van der Waals surface area contributed by atoms with Crippen LogP contribution >= 0.6 is 11.3 Å². The van der Waals surface area contributed by atoms with E-state index in [0.717, 1.165) is 15.9 Å². The van der Waals surface area contributed by atoms with Crippen molar-refractivity contribution in [3.8, 4) is 11.3 Å². The maximum Gasteiger partial charge on any atom is 0.116 e. The lowest BCUT2D eigenvalue weighted by Gasteiger charge is -2.05. The summed E-state index contributed by atoms with van der Waals surface area (Å²) in [5, 5.41) is 2.06. The maximum atomic E-state index is 4.43. The van der Waals surface area contributed by atoms with E-state index in [1.807, 2.05) is 6.07 Å². The fraction of sp³-hybridized carbons (Fsp3) is 0.143. The van der Waals surface area contributed by atoms with Gasteiger partial charge in [-0.2, -0.15) is 0 Å². The molecule has 17 heavy (non-hydrogen) atoms. The first kappa shape index (κ1) is 10.4. The van der Waals surface area contributed by atoms with E-state index in [2.05, 4.69) is 47.4 Å². The number of benzene rings is 1. The molecule has 3 heteroatoms. The molecule has 0 fully saturated rings. The summed E-state index contributed by atoms with van der Waals surface area (Å²) in [6.07, 6.45) is 1.64. The zero-order valence-corrected chi connectivity index (χ0v) is 10.6. The Morgan fingerprint density at radius 2 is 1.76 bits per heavy atom. The monoisotopic (exact) mass is 240 g/mol. The van der Waals surface area contributed by atoms with Crippen molar-refractivity contribution in [1.82, 2.24) is 9.97 Å². The van der Waals surface area contributed by atoms with Crippen LogP contribution in [-0.2, 0) is 0 Å². The second-order valence-corrected chi connectivity index (χ2v) is 5.15. The molecule has 0 unspecified atom stereocenters. The largest absolute Gasteiger partial charge is 0.235 e. The van der Waals surface area contributed by atoms with Crippen LogP contribution in [0.5, 0.6) is 0 Å². The smallest absolute Gasteiger partial charge is 0.116 e. The zero-order chi connectivity index (χ0) is 11.8. The molecule has 2 nitrogen and oxygen atoms in total. The molecule has 0 amide bonds. The van der Waals surface area contributed by atoms with E-state index in [0.29, 0.717) is 0 Å². The first-order valence-corrected chi connectivity index (χ1v) is 6.39. The predicted octanol–water partition coefficient (Wildman–Crippen LogP) is 3.98. The molecule has 0 N–H and O–H groups in total. The molecule has 0 aliphatic rings. The van der Waals surface area contributed by atoms with Gasteiger partial charge in [0.2, 0.25) is 0 Å². The van der Waals surface area contributed by atoms with Gasteiger partial charge in [0.1, 0.15) is 6.33 Å². The van der Waals surface area contributed by atoms with E-state index in [1.165, 1.54) is 16.7 Å². The summed E-state index contributed by atoms with van der Waals surface area (Å²) in [7, 11) is 0. The number of fused-ring (bicyclic) bond motifs is 1. The highest BCUT2D eigenvalue weighted by atomic mass is 32.1. The van der Waals surface area contributed by atoms with Gasteiger partial charge >= 0.3 is 0 Å². The SMILES string of the molecule is Cc1cc(C)cc(-c2ncnc3ccsc23)c1. The molecule has 2 heterocycles. The lowest BCUT2D eigenvalue weighted by atomic mass is 10.0. The van der Waals surface area contributed by atoms with Gasteiger partial charge in [-0.25, -0.2) is 9.97 Å². The summed E-state index contributed by atoms with van der Waals surface area (Å²) in [5.41, 5.74) is 5.78. The van der Waals surface area contributed by atoms with Crippen LogP contribution < -0.4 is 0 Å². The summed E-state index contributed by atoms with van der Waals surface area (Å²) in [6, 6.07) is 8.56. The van der Waals surface area contributed by atoms with Crippen molar-refractivity contribution in [3.63, 3.8) is 0 Å². The van der Waals surface area contributed by atoms with Gasteiger partial charge in [-0.1, -0.05) is 17.2 Å². The fourth-order valence-corrected chi connectivity index (χ4v) is 2.96. The second kappa shape index (κ2) is 3.93. The van der Waals surface area contributed by atoms with Crippen LogP contribution in [0.25, 0.3) is 21.5 Å². The third kappa shape index (κ3) is 1.83. The lowest BCUT2D eigenvalue weighted by molar-refractivity contribution is 1.23. The van der Waals surface area contributed by atoms with Crippen molar-refractivity contribution in [2.24, 2.45) is 0 Å². The molecule has 0 atom stereocenters. The Hall–Kier alpha value is -1.74. The number of aromatic nitrogens is 2. The highest BCUT2D eigenvalue weighted by molar-refractivity contribution is 7.17. The third-order valence-corrected chi connectivity index (χ3v) is 3.65. The van der Waals surface area contributed by atoms with E-state index in [-0.39, 0.29) is 0 Å². The first-order chi connectivity index (χ1) is 8.24. The molecule has 0 saturated heterocycles. The predicted molar refractivity (Wildman–Crippen MR) is 72.3 cm³/mol. The molecule has 0 saturated carbocycles. The van der Waals surface area contributed by atoms with Crippen molar-refractivity contribution < 1.29 is 0 Å². The first-order valence-electron chi connectivity index (χ1n) is 5.51. The van der Waals surface area contributed by atoms with Gasteiger partial charge in [-0.05, 0) is 37.4 Å². The van der Waals surface area contributed by atoms with Crippen molar-refractivity contribution in [1.29, 1.82) is 0 Å². The summed E-state index contributed by atoms with van der Waals surface area (Å²) in [5.74, 6) is 0. The molecule has 1 aromatic carbocycles. The minimum Gasteiger partial charge on any atom is -0.235 e. The van der Waals surface area contributed by atoms with Crippen molar-refractivity contribution in [2.45, 2.75) is 13.8 Å². The zero-order valence-electron chi connectivity index (χ0n) is 9.77. The summed E-state index contributed by atoms with van der Waals surface area (Å²) >= 11 is 1.70. The number of aryl methyl sites for hydroxylation is 2. The van der Waals surface area contributed by atoms with Gasteiger partial charge in [0.15, 0.2) is 0 Å². The molecular weight excluding hydrogens is 228 g/mol. The number of thiophene rings is 1. The van der Waals surface area contributed by atoms with Crippen LogP contribution in [-0.4, -0.2) is 9.97 Å². The number of nitrogens with zero attached hydrogens (tertiary/aromatic N) is 2. The van der Waals surface area contributed by atoms with Crippen LogP contribution in [0.1, 0.15) is 11.1 Å². The Labute approximate surface area is 104 Å². The van der Waals surface area contributed by atoms with E-state index in [9.17, 15) is 0 Å². The Morgan fingerprint density at radius 1 is 1.00 bits per heavy atom. The van der Waals surface area contributed by atoms with Crippen LogP contribution in [0.2, 0.25) is 0 Å². The molecule has 3 rings (SSSR count). The van der Waals surface area contributed by atoms with Crippen LogP contribution in [0.15, 0.2) is 36.0 Å². The van der Waals surface area contributed by atoms with Crippen molar-refractivity contribution in [2.75, 3.05) is 0 Å². The lowest BCUT2D eigenvalue weighted by Crippen LogP contribution is -1.87. The molecule has 0 bridgehead atoms. The van der Waals surface area contributed by atoms with Gasteiger partial charge in [-0.3, -0.25) is 0 Å². The topological polar surface area (TPSA) is 25.8 Å². The van der Waals surface area contributed by atoms with E-state index in [4.69, 9.17) is 0 Å². The Bertz CT molecular complexity index is 665. The molecule has 0 radical (unpaired) electrons. The standard InChI is InChI=1S/C14H12N2S/c1-9-5-10(2)7-11(6-9)13-14-12(3-4-17-14)15-8-16-13/h3-8H,1-2H3. The Kier molecular flexibility index (Phi) is 2.41. The molecular formula is C14H12N2S. The summed E-state index contributed by atoms with van der Waals surface area (Å²) in [4.78, 5) is 8.70. The minimum absolute atomic E-state index is 1.03. The van der Waals surface area contributed by atoms with Gasteiger partial charge in [-0.15, -0.1) is 11.3 Å². The van der Waals surface area contributed by atoms with Crippen LogP contribution in [0.4, 0.5) is 0 Å². The highest BCUT2D eigenvalue weighted by Crippen LogP contribution is 2.30. The van der Waals surface area contributed by atoms with Crippen molar-refractivity contribution in [3.05, 3.63) is 47.1 Å². The van der Waals surface area contributed by atoms with Gasteiger partial charge in [0, 0.05) is 5.56 Å². The quantitative estimate of drug-likeness (QED) is 0.643. The Morgan fingerprint density at radius 3 is 2.53 bits per heavy atom. The van der Waals surface area contributed by atoms with Gasteiger partial charge in [0.25, 0.3) is 0 Å². The van der Waals surface area contributed by atoms with E-state index < -0.39 is 0 Å². The summed E-state index contributed by atoms with van der Waals surface area (Å²) < 4.78 is 1.16. The molecule has 2 aromatic heterocycles. The maximum absolute atomic E-state index is 4.43. The van der Waals surface area contributed by atoms with E-state index >= 15 is 0 Å². The summed E-state index contributed by atoms with van der Waals surface area (Å²) in [6.45, 7) is 4.23. The minimum atomic E-state index is 1.03. The van der Waals surface area contributed by atoms with Crippen LogP contribution in [0.3, 0.4) is 0 Å². The molecule has 0 spiro atoms. The average Bonchev–Trinajstić information content (AvgIpc) is 2.75. The number of hydrogen-bond acceptors (Lipinski definition) is 3. The second-order valence-electron chi connectivity index (χ2n) is 4.23. The molecule has 3 aromatic rings. The van der Waals surface area contributed by atoms with Gasteiger partial charge in [0.05, 0.1) is 15.9 Å². The fourth-order valence-electron chi connectivity index (χ4n) is 2.11. The third-order valence-electron chi connectivity index (χ3n) is 2.74. The normalized spacial score (nSPS) is 10.9. The number of rotatable bonds is 1. The Balaban J connectivity index is 2.30. The molecule has 84 valence electrons. The average molecular weight is 240 g/mol. The molecule has 0 aliphatic carbocycles. The van der Waals surface area contributed by atoms with Crippen LogP contribution in [0, 0.1) is 13.8 Å². The molecule has 0 aliphatic heterocycles. The van der Waals surface area contributed by atoms with Crippen molar-refractivity contribution >= 4 is 21.6 Å². The van der Waals surface area contributed by atoms with Gasteiger partial charge < -0.3 is 0 Å². The van der Waals surface area contributed by atoms with E-state index in [1.54, 1.807) is 17.7 Å².